The maximum Gasteiger partial charge on any atom is 0.324 e. The Labute approximate surface area is 152 Å². The summed E-state index contributed by atoms with van der Waals surface area (Å²) in [6.07, 6.45) is 0.573. The number of halogens is 1. The summed E-state index contributed by atoms with van der Waals surface area (Å²) in [6.45, 7) is 0.695. The number of aliphatic carboxylic acids is 1. The predicted molar refractivity (Wildman–Crippen MR) is 95.4 cm³/mol. The molecule has 26 heavy (non-hydrogen) atoms. The molecule has 0 aliphatic carbocycles. The van der Waals surface area contributed by atoms with E-state index in [1.165, 1.54) is 6.92 Å². The Bertz CT molecular complexity index is 867. The highest BCUT2D eigenvalue weighted by molar-refractivity contribution is 7.92. The van der Waals surface area contributed by atoms with Crippen molar-refractivity contribution in [3.8, 4) is 11.8 Å². The molecule has 0 bridgehead atoms. The van der Waals surface area contributed by atoms with Crippen LogP contribution in [-0.4, -0.2) is 49.0 Å². The molecule has 1 aliphatic rings. The van der Waals surface area contributed by atoms with Crippen molar-refractivity contribution in [2.45, 2.75) is 37.0 Å². The van der Waals surface area contributed by atoms with Gasteiger partial charge in [0.1, 0.15) is 12.8 Å². The van der Waals surface area contributed by atoms with E-state index in [-0.39, 0.29) is 12.8 Å². The number of rotatable bonds is 6. The van der Waals surface area contributed by atoms with Gasteiger partial charge in [-0.15, -0.1) is 0 Å². The van der Waals surface area contributed by atoms with E-state index in [2.05, 4.69) is 17.0 Å². The highest BCUT2D eigenvalue weighted by Crippen LogP contribution is 2.29. The molecule has 140 valence electrons. The average Bonchev–Trinajstić information content (AvgIpc) is 3.03. The molecule has 1 N–H and O–H groups in total. The van der Waals surface area contributed by atoms with Gasteiger partial charge in [-0.05, 0) is 24.6 Å². The van der Waals surface area contributed by atoms with E-state index in [4.69, 9.17) is 4.84 Å². The molecule has 1 aromatic carbocycles. The van der Waals surface area contributed by atoms with Crippen molar-refractivity contribution in [3.63, 3.8) is 0 Å². The Morgan fingerprint density at radius 2 is 2.08 bits per heavy atom. The molecule has 0 fully saturated rings. The maximum absolute atomic E-state index is 12.0. The van der Waals surface area contributed by atoms with Crippen LogP contribution in [0.25, 0.3) is 0 Å². The first-order chi connectivity index (χ1) is 12.2. The molecular formula is C18H20FNO5S. The van der Waals surface area contributed by atoms with Crippen LogP contribution in [0, 0.1) is 11.8 Å². The van der Waals surface area contributed by atoms with E-state index in [1.54, 1.807) is 24.3 Å². The summed E-state index contributed by atoms with van der Waals surface area (Å²) in [5.74, 6) is 4.14. The minimum Gasteiger partial charge on any atom is -0.480 e. The molecule has 8 heteroatoms. The van der Waals surface area contributed by atoms with E-state index >= 15 is 0 Å². The van der Waals surface area contributed by atoms with Gasteiger partial charge in [-0.2, -0.15) is 0 Å². The van der Waals surface area contributed by atoms with Gasteiger partial charge in [0, 0.05) is 31.1 Å². The van der Waals surface area contributed by atoms with Crippen molar-refractivity contribution < 1.29 is 27.5 Å². The van der Waals surface area contributed by atoms with Crippen LogP contribution in [0.5, 0.6) is 0 Å². The van der Waals surface area contributed by atoms with Crippen LogP contribution in [0.15, 0.2) is 29.4 Å². The Hall–Kier alpha value is -2.40. The minimum atomic E-state index is -3.82. The van der Waals surface area contributed by atoms with Gasteiger partial charge < -0.3 is 9.94 Å². The Morgan fingerprint density at radius 1 is 1.42 bits per heavy atom. The topological polar surface area (TPSA) is 93.0 Å². The first kappa shape index (κ1) is 19.9. The molecule has 1 aromatic rings. The second-order valence-electron chi connectivity index (χ2n) is 6.30. The Balaban J connectivity index is 2.06. The number of oxime groups is 1. The number of carboxylic acid groups (broad SMARTS) is 1. The third kappa shape index (κ3) is 4.41. The number of benzene rings is 1. The molecule has 2 atom stereocenters. The summed E-state index contributed by atoms with van der Waals surface area (Å²) in [5, 5.41) is 13.3. The van der Waals surface area contributed by atoms with Gasteiger partial charge in [0.05, 0.1) is 5.71 Å². The number of hydrogen-bond donors (Lipinski definition) is 1. The maximum atomic E-state index is 12.0. The van der Waals surface area contributed by atoms with Crippen molar-refractivity contribution in [3.05, 3.63) is 35.4 Å². The molecule has 1 heterocycles. The Morgan fingerprint density at radius 3 is 2.62 bits per heavy atom. The zero-order chi connectivity index (χ0) is 19.4. The van der Waals surface area contributed by atoms with Gasteiger partial charge in [0.15, 0.2) is 14.6 Å². The third-order valence-electron chi connectivity index (χ3n) is 4.29. The monoisotopic (exact) mass is 381 g/mol. The number of carboxylic acids is 1. The van der Waals surface area contributed by atoms with Gasteiger partial charge in [-0.1, -0.05) is 29.1 Å². The molecule has 0 aromatic heterocycles. The first-order valence-corrected chi connectivity index (χ1v) is 9.87. The molecule has 0 saturated heterocycles. The second kappa shape index (κ2) is 7.87. The first-order valence-electron chi connectivity index (χ1n) is 7.98. The molecule has 1 aliphatic heterocycles. The lowest BCUT2D eigenvalue weighted by molar-refractivity contribution is -0.140. The van der Waals surface area contributed by atoms with Crippen molar-refractivity contribution in [1.82, 2.24) is 0 Å². The number of nitrogens with zero attached hydrogens (tertiary/aromatic N) is 1. The summed E-state index contributed by atoms with van der Waals surface area (Å²) in [6, 6.07) is 7.12. The number of sulfone groups is 1. The zero-order valence-electron chi connectivity index (χ0n) is 14.5. The van der Waals surface area contributed by atoms with Crippen LogP contribution >= 0.6 is 0 Å². The van der Waals surface area contributed by atoms with Crippen molar-refractivity contribution in [2.75, 3.05) is 12.9 Å². The fourth-order valence-corrected chi connectivity index (χ4v) is 3.30. The molecule has 2 rings (SSSR count). The second-order valence-corrected chi connectivity index (χ2v) is 8.75. The fraction of sp³-hybridized carbons (Fsp3) is 0.444. The fourth-order valence-electron chi connectivity index (χ4n) is 2.50. The van der Waals surface area contributed by atoms with Gasteiger partial charge in [-0.25, -0.2) is 8.42 Å². The molecule has 6 nitrogen and oxygen atoms in total. The summed E-state index contributed by atoms with van der Waals surface area (Å²) < 4.78 is 33.8. The number of alkyl halides is 1. The van der Waals surface area contributed by atoms with Crippen molar-refractivity contribution >= 4 is 21.5 Å². The molecule has 0 saturated carbocycles. The van der Waals surface area contributed by atoms with Crippen LogP contribution in [0.2, 0.25) is 0 Å². The van der Waals surface area contributed by atoms with E-state index in [0.29, 0.717) is 12.1 Å². The summed E-state index contributed by atoms with van der Waals surface area (Å²) in [5.41, 5.74) is 2.13. The standard InChI is InChI=1S/C18H20FNO5S/c1-18(17(21)22,26(2,23)24)12-15-11-16(20-25-15)14-8-6-13(7-9-14)5-3-4-10-19/h6-9,15H,4,10-12H2,1-2H3,(H,21,22)/t15-,18?/m1/s1. The van der Waals surface area contributed by atoms with Gasteiger partial charge in [-0.3, -0.25) is 9.18 Å². The lowest BCUT2D eigenvalue weighted by Crippen LogP contribution is -2.45. The lowest BCUT2D eigenvalue weighted by Gasteiger charge is -2.24. The molecular weight excluding hydrogens is 361 g/mol. The number of hydrogen-bond acceptors (Lipinski definition) is 5. The molecule has 0 amide bonds. The number of carbonyl (C=O) groups is 1. The van der Waals surface area contributed by atoms with Crippen LogP contribution in [0.3, 0.4) is 0 Å². The van der Waals surface area contributed by atoms with E-state index < -0.39 is 33.3 Å². The van der Waals surface area contributed by atoms with Crippen LogP contribution in [0.4, 0.5) is 4.39 Å². The summed E-state index contributed by atoms with van der Waals surface area (Å²) in [7, 11) is -3.82. The Kier molecular flexibility index (Phi) is 6.03. The predicted octanol–water partition coefficient (Wildman–Crippen LogP) is 2.17. The van der Waals surface area contributed by atoms with E-state index in [1.807, 2.05) is 0 Å². The SMILES string of the molecule is CC(C[C@H]1CC(c2ccc(C#CCCF)cc2)=NO1)(C(=O)O)S(C)(=O)=O. The van der Waals surface area contributed by atoms with Crippen molar-refractivity contribution in [1.29, 1.82) is 0 Å². The van der Waals surface area contributed by atoms with Crippen molar-refractivity contribution in [2.24, 2.45) is 5.16 Å². The minimum absolute atomic E-state index is 0.187. The van der Waals surface area contributed by atoms with Gasteiger partial charge >= 0.3 is 5.97 Å². The quantitative estimate of drug-likeness (QED) is 0.763. The largest absolute Gasteiger partial charge is 0.480 e. The van der Waals surface area contributed by atoms with Crippen LogP contribution in [-0.2, 0) is 19.5 Å². The van der Waals surface area contributed by atoms with Gasteiger partial charge in [0.25, 0.3) is 0 Å². The summed E-state index contributed by atoms with van der Waals surface area (Å²) >= 11 is 0. The van der Waals surface area contributed by atoms with E-state index in [0.717, 1.165) is 17.4 Å². The lowest BCUT2D eigenvalue weighted by atomic mass is 9.97. The highest BCUT2D eigenvalue weighted by Gasteiger charge is 2.47. The summed E-state index contributed by atoms with van der Waals surface area (Å²) in [4.78, 5) is 16.7. The third-order valence-corrected chi connectivity index (χ3v) is 6.27. The van der Waals surface area contributed by atoms with E-state index in [9.17, 15) is 22.7 Å². The highest BCUT2D eigenvalue weighted by atomic mass is 32.2. The zero-order valence-corrected chi connectivity index (χ0v) is 15.3. The molecule has 0 radical (unpaired) electrons. The molecule has 0 spiro atoms. The van der Waals surface area contributed by atoms with Crippen LogP contribution in [0.1, 0.15) is 37.3 Å². The van der Waals surface area contributed by atoms with Gasteiger partial charge in [0.2, 0.25) is 0 Å². The molecule has 1 unspecified atom stereocenters. The average molecular weight is 381 g/mol. The smallest absolute Gasteiger partial charge is 0.324 e. The van der Waals surface area contributed by atoms with Crippen LogP contribution < -0.4 is 0 Å². The normalized spacial score (nSPS) is 18.9.